The van der Waals surface area contributed by atoms with Crippen LogP contribution in [0.4, 0.5) is 4.39 Å². The molecule has 9 heteroatoms. The van der Waals surface area contributed by atoms with Crippen molar-refractivity contribution >= 4 is 27.0 Å². The van der Waals surface area contributed by atoms with Crippen LogP contribution in [0.15, 0.2) is 47.4 Å². The SMILES string of the molecule is CCCn1c(CCC(=O)NCCc2ccc(F)cc2)nc2cc(S(=O)(=O)N3CCCC3)ccc21. The van der Waals surface area contributed by atoms with Gasteiger partial charge < -0.3 is 9.88 Å². The Kier molecular flexibility index (Phi) is 7.63. The maximum atomic E-state index is 13.0. The number of nitrogens with one attached hydrogen (secondary N) is 1. The Hall–Kier alpha value is -2.78. The van der Waals surface area contributed by atoms with Gasteiger partial charge in [0.15, 0.2) is 0 Å². The highest BCUT2D eigenvalue weighted by atomic mass is 32.2. The molecule has 0 saturated carbocycles. The molecule has 3 aromatic rings. The molecule has 0 bridgehead atoms. The summed E-state index contributed by atoms with van der Waals surface area (Å²) in [6, 6.07) is 11.4. The summed E-state index contributed by atoms with van der Waals surface area (Å²) in [6.45, 7) is 4.42. The van der Waals surface area contributed by atoms with Crippen molar-refractivity contribution < 1.29 is 17.6 Å². The van der Waals surface area contributed by atoms with E-state index in [1.54, 1.807) is 24.3 Å². The van der Waals surface area contributed by atoms with Crippen LogP contribution in [-0.4, -0.2) is 47.8 Å². The summed E-state index contributed by atoms with van der Waals surface area (Å²) in [5, 5.41) is 2.91. The Balaban J connectivity index is 1.43. The highest BCUT2D eigenvalue weighted by Gasteiger charge is 2.27. The topological polar surface area (TPSA) is 84.3 Å². The minimum atomic E-state index is -3.51. The molecule has 4 rings (SSSR count). The number of aromatic nitrogens is 2. The van der Waals surface area contributed by atoms with Gasteiger partial charge in [0, 0.05) is 39.0 Å². The molecule has 182 valence electrons. The van der Waals surface area contributed by atoms with E-state index in [1.807, 2.05) is 6.07 Å². The predicted molar refractivity (Wildman–Crippen MR) is 129 cm³/mol. The van der Waals surface area contributed by atoms with E-state index in [2.05, 4.69) is 16.8 Å². The Bertz CT molecular complexity index is 1250. The minimum absolute atomic E-state index is 0.0745. The molecule has 0 aliphatic carbocycles. The van der Waals surface area contributed by atoms with Gasteiger partial charge in [-0.1, -0.05) is 19.1 Å². The first-order valence-corrected chi connectivity index (χ1v) is 13.3. The average molecular weight is 487 g/mol. The number of rotatable bonds is 10. The molecule has 7 nitrogen and oxygen atoms in total. The van der Waals surface area contributed by atoms with E-state index in [9.17, 15) is 17.6 Å². The van der Waals surface area contributed by atoms with Crippen molar-refractivity contribution in [2.45, 2.75) is 56.9 Å². The zero-order valence-electron chi connectivity index (χ0n) is 19.5. The number of sulfonamides is 1. The van der Waals surface area contributed by atoms with Gasteiger partial charge in [-0.05, 0) is 61.6 Å². The standard InChI is InChI=1S/C25H31FN4O3S/c1-2-15-30-23-10-9-21(34(32,33)29-16-3-4-17-29)18-22(23)28-24(30)11-12-25(31)27-14-13-19-5-7-20(26)8-6-19/h5-10,18H,2-4,11-17H2,1H3,(H,27,31). The summed E-state index contributed by atoms with van der Waals surface area (Å²) in [5.74, 6) is 0.430. The lowest BCUT2D eigenvalue weighted by Gasteiger charge is -2.15. The van der Waals surface area contributed by atoms with E-state index in [1.165, 1.54) is 16.4 Å². The Morgan fingerprint density at radius 1 is 1.09 bits per heavy atom. The third kappa shape index (κ3) is 5.47. The Labute approximate surface area is 200 Å². The van der Waals surface area contributed by atoms with Crippen molar-refractivity contribution in [2.24, 2.45) is 0 Å². The molecule has 34 heavy (non-hydrogen) atoms. The second-order valence-corrected chi connectivity index (χ2v) is 10.6. The maximum absolute atomic E-state index is 13.0. The quantitative estimate of drug-likeness (QED) is 0.474. The molecule has 0 unspecified atom stereocenters. The van der Waals surface area contributed by atoms with Crippen LogP contribution in [0.3, 0.4) is 0 Å². The number of nitrogens with zero attached hydrogens (tertiary/aromatic N) is 3. The van der Waals surface area contributed by atoms with Crippen LogP contribution in [0, 0.1) is 5.82 Å². The molecule has 1 aromatic heterocycles. The van der Waals surface area contributed by atoms with Crippen LogP contribution in [0.2, 0.25) is 0 Å². The number of imidazole rings is 1. The minimum Gasteiger partial charge on any atom is -0.356 e. The van der Waals surface area contributed by atoms with Crippen LogP contribution >= 0.6 is 0 Å². The van der Waals surface area contributed by atoms with Crippen molar-refractivity contribution in [1.82, 2.24) is 19.2 Å². The highest BCUT2D eigenvalue weighted by molar-refractivity contribution is 7.89. The first-order chi connectivity index (χ1) is 16.4. The van der Waals surface area contributed by atoms with E-state index >= 15 is 0 Å². The van der Waals surface area contributed by atoms with Gasteiger partial charge in [0.05, 0.1) is 15.9 Å². The van der Waals surface area contributed by atoms with Crippen LogP contribution in [-0.2, 0) is 34.2 Å². The second kappa shape index (κ2) is 10.7. The zero-order valence-corrected chi connectivity index (χ0v) is 20.3. The van der Waals surface area contributed by atoms with Gasteiger partial charge in [-0.15, -0.1) is 0 Å². The first-order valence-electron chi connectivity index (χ1n) is 11.9. The van der Waals surface area contributed by atoms with Gasteiger partial charge >= 0.3 is 0 Å². The number of aryl methyl sites for hydroxylation is 2. The number of halogens is 1. The summed E-state index contributed by atoms with van der Waals surface area (Å²) in [5.41, 5.74) is 2.49. The van der Waals surface area contributed by atoms with Gasteiger partial charge in [-0.25, -0.2) is 17.8 Å². The van der Waals surface area contributed by atoms with Crippen LogP contribution in [0.25, 0.3) is 11.0 Å². The van der Waals surface area contributed by atoms with E-state index in [0.29, 0.717) is 38.0 Å². The molecule has 1 aliphatic rings. The predicted octanol–water partition coefficient (Wildman–Crippen LogP) is 3.66. The number of hydrogen-bond acceptors (Lipinski definition) is 4. The number of fused-ring (bicyclic) bond motifs is 1. The molecule has 2 heterocycles. The van der Waals surface area contributed by atoms with Crippen molar-refractivity contribution in [3.8, 4) is 0 Å². The number of carbonyl (C=O) groups is 1. The Morgan fingerprint density at radius 2 is 1.82 bits per heavy atom. The monoisotopic (exact) mass is 486 g/mol. The summed E-state index contributed by atoms with van der Waals surface area (Å²) in [7, 11) is -3.51. The van der Waals surface area contributed by atoms with Gasteiger partial charge in [0.25, 0.3) is 0 Å². The number of hydrogen-bond donors (Lipinski definition) is 1. The normalized spacial score (nSPS) is 14.6. The molecular formula is C25H31FN4O3S. The molecule has 0 radical (unpaired) electrons. The van der Waals surface area contributed by atoms with Gasteiger partial charge in [0.2, 0.25) is 15.9 Å². The van der Waals surface area contributed by atoms with E-state index in [0.717, 1.165) is 42.7 Å². The lowest BCUT2D eigenvalue weighted by Crippen LogP contribution is -2.27. The molecular weight excluding hydrogens is 455 g/mol. The first kappa shape index (κ1) is 24.3. The smallest absolute Gasteiger partial charge is 0.243 e. The van der Waals surface area contributed by atoms with Crippen molar-refractivity contribution in [2.75, 3.05) is 19.6 Å². The molecule has 1 fully saturated rings. The van der Waals surface area contributed by atoms with Crippen LogP contribution in [0.5, 0.6) is 0 Å². The van der Waals surface area contributed by atoms with Crippen molar-refractivity contribution in [3.63, 3.8) is 0 Å². The molecule has 1 saturated heterocycles. The third-order valence-electron chi connectivity index (χ3n) is 6.17. The Morgan fingerprint density at radius 3 is 2.53 bits per heavy atom. The second-order valence-electron chi connectivity index (χ2n) is 8.67. The molecule has 1 amide bonds. The summed E-state index contributed by atoms with van der Waals surface area (Å²) >= 11 is 0. The van der Waals surface area contributed by atoms with Crippen LogP contribution < -0.4 is 5.32 Å². The van der Waals surface area contributed by atoms with Crippen molar-refractivity contribution in [3.05, 3.63) is 59.7 Å². The molecule has 1 aliphatic heterocycles. The highest BCUT2D eigenvalue weighted by Crippen LogP contribution is 2.25. The third-order valence-corrected chi connectivity index (χ3v) is 8.07. The van der Waals surface area contributed by atoms with E-state index in [4.69, 9.17) is 4.98 Å². The van der Waals surface area contributed by atoms with Gasteiger partial charge in [-0.3, -0.25) is 4.79 Å². The average Bonchev–Trinajstić information content (AvgIpc) is 3.48. The van der Waals surface area contributed by atoms with E-state index < -0.39 is 10.0 Å². The summed E-state index contributed by atoms with van der Waals surface area (Å²) < 4.78 is 42.5. The fourth-order valence-corrected chi connectivity index (χ4v) is 5.91. The van der Waals surface area contributed by atoms with Gasteiger partial charge in [0.1, 0.15) is 11.6 Å². The zero-order chi connectivity index (χ0) is 24.1. The van der Waals surface area contributed by atoms with Crippen LogP contribution in [0.1, 0.15) is 44.0 Å². The fourth-order valence-electron chi connectivity index (χ4n) is 4.37. The number of carbonyl (C=O) groups excluding carboxylic acids is 1. The number of benzene rings is 2. The molecule has 2 aromatic carbocycles. The van der Waals surface area contributed by atoms with E-state index in [-0.39, 0.29) is 23.0 Å². The lowest BCUT2D eigenvalue weighted by atomic mass is 10.1. The fraction of sp³-hybridized carbons (Fsp3) is 0.440. The largest absolute Gasteiger partial charge is 0.356 e. The van der Waals surface area contributed by atoms with Crippen molar-refractivity contribution in [1.29, 1.82) is 0 Å². The lowest BCUT2D eigenvalue weighted by molar-refractivity contribution is -0.121. The summed E-state index contributed by atoms with van der Waals surface area (Å²) in [4.78, 5) is 17.4. The molecule has 0 spiro atoms. The molecule has 1 N–H and O–H groups in total. The number of amides is 1. The summed E-state index contributed by atoms with van der Waals surface area (Å²) in [6.07, 6.45) is 4.07. The maximum Gasteiger partial charge on any atom is 0.243 e. The van der Waals surface area contributed by atoms with Gasteiger partial charge in [-0.2, -0.15) is 4.31 Å². The molecule has 0 atom stereocenters.